The Morgan fingerprint density at radius 1 is 1.50 bits per heavy atom. The normalized spacial score (nSPS) is 15.4. The summed E-state index contributed by atoms with van der Waals surface area (Å²) >= 11 is 1.71. The molecule has 0 saturated heterocycles. The Kier molecular flexibility index (Phi) is 4.49. The standard InChI is InChI=1S/C14H20N6OS/c1-9(14-17-10-4-2-3-5-12(10)22-14)16-13(21)11-8-20(7-6-15)19-18-11/h8-9H,2-7,15H2,1H3,(H,16,21)/t9-/m1/s1. The van der Waals surface area contributed by atoms with E-state index in [2.05, 4.69) is 20.6 Å². The van der Waals surface area contributed by atoms with Gasteiger partial charge in [0.15, 0.2) is 5.69 Å². The van der Waals surface area contributed by atoms with Crippen LogP contribution >= 0.6 is 11.3 Å². The van der Waals surface area contributed by atoms with Crippen molar-refractivity contribution >= 4 is 17.2 Å². The maximum atomic E-state index is 12.2. The van der Waals surface area contributed by atoms with Crippen molar-refractivity contribution in [1.82, 2.24) is 25.3 Å². The molecule has 1 atom stereocenters. The Hall–Kier alpha value is -1.80. The van der Waals surface area contributed by atoms with Crippen molar-refractivity contribution < 1.29 is 4.79 Å². The molecule has 0 aromatic carbocycles. The van der Waals surface area contributed by atoms with Crippen molar-refractivity contribution in [2.75, 3.05) is 6.54 Å². The minimum Gasteiger partial charge on any atom is -0.342 e. The highest BCUT2D eigenvalue weighted by Crippen LogP contribution is 2.29. The molecule has 2 aromatic rings. The van der Waals surface area contributed by atoms with E-state index >= 15 is 0 Å². The maximum absolute atomic E-state index is 12.2. The van der Waals surface area contributed by atoms with Gasteiger partial charge in [0.1, 0.15) is 5.01 Å². The lowest BCUT2D eigenvalue weighted by molar-refractivity contribution is 0.0934. The fraction of sp³-hybridized carbons (Fsp3) is 0.571. The molecule has 3 N–H and O–H groups in total. The van der Waals surface area contributed by atoms with Gasteiger partial charge in [0.05, 0.1) is 24.5 Å². The summed E-state index contributed by atoms with van der Waals surface area (Å²) in [7, 11) is 0. The first kappa shape index (κ1) is 15.1. The summed E-state index contributed by atoms with van der Waals surface area (Å²) in [5, 5.41) is 11.7. The van der Waals surface area contributed by atoms with Gasteiger partial charge in [-0.3, -0.25) is 9.48 Å². The number of hydrogen-bond acceptors (Lipinski definition) is 6. The topological polar surface area (TPSA) is 98.7 Å². The molecular weight excluding hydrogens is 300 g/mol. The van der Waals surface area contributed by atoms with Crippen LogP contribution in [0, 0.1) is 0 Å². The molecule has 8 heteroatoms. The molecule has 0 aliphatic heterocycles. The minimum atomic E-state index is -0.232. The van der Waals surface area contributed by atoms with E-state index in [-0.39, 0.29) is 11.9 Å². The van der Waals surface area contributed by atoms with E-state index in [1.54, 1.807) is 22.2 Å². The van der Waals surface area contributed by atoms with E-state index in [0.717, 1.165) is 17.8 Å². The van der Waals surface area contributed by atoms with Gasteiger partial charge in [-0.15, -0.1) is 16.4 Å². The highest BCUT2D eigenvalue weighted by atomic mass is 32.1. The van der Waals surface area contributed by atoms with Gasteiger partial charge in [-0.25, -0.2) is 4.98 Å². The minimum absolute atomic E-state index is 0.122. The second-order valence-electron chi connectivity index (χ2n) is 5.48. The molecule has 2 aromatic heterocycles. The molecular formula is C14H20N6OS. The first-order valence-electron chi connectivity index (χ1n) is 7.57. The number of nitrogens with zero attached hydrogens (tertiary/aromatic N) is 4. The first-order valence-corrected chi connectivity index (χ1v) is 8.38. The van der Waals surface area contributed by atoms with Crippen LogP contribution in [0.15, 0.2) is 6.20 Å². The summed E-state index contributed by atoms with van der Waals surface area (Å²) in [5.74, 6) is -0.232. The van der Waals surface area contributed by atoms with Gasteiger partial charge in [-0.2, -0.15) is 0 Å². The van der Waals surface area contributed by atoms with Crippen LogP contribution in [0.2, 0.25) is 0 Å². The molecule has 2 heterocycles. The van der Waals surface area contributed by atoms with Crippen molar-refractivity contribution in [3.05, 3.63) is 27.5 Å². The average molecular weight is 320 g/mol. The number of aryl methyl sites for hydroxylation is 2. The highest BCUT2D eigenvalue weighted by Gasteiger charge is 2.21. The Morgan fingerprint density at radius 3 is 3.09 bits per heavy atom. The van der Waals surface area contributed by atoms with Crippen molar-refractivity contribution in [3.63, 3.8) is 0 Å². The van der Waals surface area contributed by atoms with Crippen molar-refractivity contribution in [1.29, 1.82) is 0 Å². The van der Waals surface area contributed by atoms with E-state index in [4.69, 9.17) is 5.73 Å². The predicted octanol–water partition coefficient (Wildman–Crippen LogP) is 1.06. The summed E-state index contributed by atoms with van der Waals surface area (Å²) < 4.78 is 1.57. The maximum Gasteiger partial charge on any atom is 0.274 e. The number of hydrogen-bond donors (Lipinski definition) is 2. The van der Waals surface area contributed by atoms with Crippen LogP contribution in [0.3, 0.4) is 0 Å². The third-order valence-electron chi connectivity index (χ3n) is 3.71. The Bertz CT molecular complexity index is 641. The van der Waals surface area contributed by atoms with Crippen LogP contribution in [-0.4, -0.2) is 32.4 Å². The molecule has 3 rings (SSSR count). The monoisotopic (exact) mass is 320 g/mol. The zero-order valence-corrected chi connectivity index (χ0v) is 13.4. The molecule has 0 saturated carbocycles. The lowest BCUT2D eigenvalue weighted by atomic mass is 10.0. The number of amides is 1. The first-order chi connectivity index (χ1) is 10.7. The number of fused-ring (bicyclic) bond motifs is 1. The fourth-order valence-corrected chi connectivity index (χ4v) is 3.69. The Labute approximate surface area is 132 Å². The molecule has 0 unspecified atom stereocenters. The molecule has 0 bridgehead atoms. The smallest absolute Gasteiger partial charge is 0.274 e. The lowest BCUT2D eigenvalue weighted by Crippen LogP contribution is -2.27. The summed E-state index contributed by atoms with van der Waals surface area (Å²) in [6.45, 7) is 2.97. The molecule has 1 aliphatic rings. The summed E-state index contributed by atoms with van der Waals surface area (Å²) in [4.78, 5) is 18.3. The molecule has 1 aliphatic carbocycles. The third-order valence-corrected chi connectivity index (χ3v) is 5.05. The molecule has 0 fully saturated rings. The number of rotatable bonds is 5. The second kappa shape index (κ2) is 6.53. The van der Waals surface area contributed by atoms with E-state index in [9.17, 15) is 4.79 Å². The van der Waals surface area contributed by atoms with Gasteiger partial charge in [-0.05, 0) is 32.6 Å². The van der Waals surface area contributed by atoms with E-state index in [1.165, 1.54) is 23.4 Å². The highest BCUT2D eigenvalue weighted by molar-refractivity contribution is 7.11. The van der Waals surface area contributed by atoms with E-state index in [0.29, 0.717) is 18.8 Å². The number of nitrogens with one attached hydrogen (secondary N) is 1. The molecule has 7 nitrogen and oxygen atoms in total. The van der Waals surface area contributed by atoms with Crippen LogP contribution < -0.4 is 11.1 Å². The van der Waals surface area contributed by atoms with Gasteiger partial charge in [-0.1, -0.05) is 5.21 Å². The quantitative estimate of drug-likeness (QED) is 0.858. The summed E-state index contributed by atoms with van der Waals surface area (Å²) in [5.41, 5.74) is 6.97. The second-order valence-corrected chi connectivity index (χ2v) is 6.59. The molecule has 1 amide bonds. The largest absolute Gasteiger partial charge is 0.342 e. The van der Waals surface area contributed by atoms with Crippen LogP contribution in [0.5, 0.6) is 0 Å². The number of carbonyl (C=O) groups is 1. The summed E-state index contributed by atoms with van der Waals surface area (Å²) in [6.07, 6.45) is 6.23. The van der Waals surface area contributed by atoms with Gasteiger partial charge in [0, 0.05) is 11.4 Å². The van der Waals surface area contributed by atoms with Gasteiger partial charge < -0.3 is 11.1 Å². The molecule has 22 heavy (non-hydrogen) atoms. The number of carbonyl (C=O) groups excluding carboxylic acids is 1. The molecule has 0 spiro atoms. The van der Waals surface area contributed by atoms with Crippen LogP contribution in [0.1, 0.15) is 51.9 Å². The fourth-order valence-electron chi connectivity index (χ4n) is 2.53. The van der Waals surface area contributed by atoms with Crippen molar-refractivity contribution in [3.8, 4) is 0 Å². The van der Waals surface area contributed by atoms with E-state index < -0.39 is 0 Å². The van der Waals surface area contributed by atoms with Crippen LogP contribution in [-0.2, 0) is 19.4 Å². The zero-order valence-electron chi connectivity index (χ0n) is 12.6. The van der Waals surface area contributed by atoms with E-state index in [1.807, 2.05) is 6.92 Å². The Morgan fingerprint density at radius 2 is 2.32 bits per heavy atom. The number of thiazole rings is 1. The van der Waals surface area contributed by atoms with Gasteiger partial charge in [0.2, 0.25) is 0 Å². The Balaban J connectivity index is 1.66. The predicted molar refractivity (Wildman–Crippen MR) is 83.7 cm³/mol. The van der Waals surface area contributed by atoms with Crippen molar-refractivity contribution in [2.45, 2.75) is 45.2 Å². The van der Waals surface area contributed by atoms with Crippen LogP contribution in [0.4, 0.5) is 0 Å². The van der Waals surface area contributed by atoms with Gasteiger partial charge in [0.25, 0.3) is 5.91 Å². The average Bonchev–Trinajstić information content (AvgIpc) is 3.13. The summed E-state index contributed by atoms with van der Waals surface area (Å²) in [6, 6.07) is -0.122. The van der Waals surface area contributed by atoms with Gasteiger partial charge >= 0.3 is 0 Å². The lowest BCUT2D eigenvalue weighted by Gasteiger charge is -2.09. The molecule has 0 radical (unpaired) electrons. The van der Waals surface area contributed by atoms with Crippen molar-refractivity contribution in [2.24, 2.45) is 5.73 Å². The van der Waals surface area contributed by atoms with Crippen LogP contribution in [0.25, 0.3) is 0 Å². The SMILES string of the molecule is C[C@@H](NC(=O)c1cn(CCN)nn1)c1nc2c(s1)CCCC2. The molecule has 118 valence electrons. The number of aromatic nitrogens is 4. The zero-order chi connectivity index (χ0) is 15.5. The third kappa shape index (κ3) is 3.17. The number of nitrogens with two attached hydrogens (primary N) is 1.